The Morgan fingerprint density at radius 3 is 3.10 bits per heavy atom. The largest absolute Gasteiger partial charge is 0.366 e. The van der Waals surface area contributed by atoms with E-state index in [1.54, 1.807) is 0 Å². The number of nitrogens with one attached hydrogen (secondary N) is 2. The number of rotatable bonds is 1. The average Bonchev–Trinajstić information content (AvgIpc) is 3.00. The highest BCUT2D eigenvalue weighted by Gasteiger charge is 2.37. The van der Waals surface area contributed by atoms with Crippen LogP contribution in [-0.2, 0) is 0 Å². The zero-order valence-corrected chi connectivity index (χ0v) is 12.0. The van der Waals surface area contributed by atoms with Gasteiger partial charge in [-0.05, 0) is 13.8 Å². The van der Waals surface area contributed by atoms with Crippen molar-refractivity contribution in [2.24, 2.45) is 5.10 Å². The summed E-state index contributed by atoms with van der Waals surface area (Å²) in [5, 5.41) is 17.6. The molecule has 0 radical (unpaired) electrons. The molecule has 0 aliphatic carbocycles. The quantitative estimate of drug-likeness (QED) is 0.608. The van der Waals surface area contributed by atoms with Crippen LogP contribution in [0.15, 0.2) is 28.5 Å². The Morgan fingerprint density at radius 1 is 1.45 bits per heavy atom. The van der Waals surface area contributed by atoms with Gasteiger partial charge < -0.3 is 10.6 Å². The molecular formula is C13H15ClN6. The summed E-state index contributed by atoms with van der Waals surface area (Å²) in [4.78, 5) is 0. The van der Waals surface area contributed by atoms with Crippen molar-refractivity contribution in [1.29, 1.82) is 0 Å². The fraction of sp³-hybridized carbons (Fsp3) is 0.385. The van der Waals surface area contributed by atoms with E-state index in [2.05, 4.69) is 27.8 Å². The highest BCUT2D eigenvalue weighted by molar-refractivity contribution is 6.25. The summed E-state index contributed by atoms with van der Waals surface area (Å²) >= 11 is 6.44. The molecule has 3 aliphatic heterocycles. The fourth-order valence-electron chi connectivity index (χ4n) is 2.89. The summed E-state index contributed by atoms with van der Waals surface area (Å²) in [5.74, 6) is 0.922. The molecule has 1 aromatic rings. The number of aromatic nitrogens is 2. The molecule has 4 heterocycles. The van der Waals surface area contributed by atoms with Crippen molar-refractivity contribution in [2.75, 3.05) is 11.9 Å². The Kier molecular flexibility index (Phi) is 2.38. The first kappa shape index (κ1) is 11.8. The highest BCUT2D eigenvalue weighted by atomic mass is 35.5. The second kappa shape index (κ2) is 4.02. The lowest BCUT2D eigenvalue weighted by Gasteiger charge is -2.34. The molecule has 0 spiro atoms. The van der Waals surface area contributed by atoms with E-state index in [0.717, 1.165) is 34.9 Å². The van der Waals surface area contributed by atoms with Crippen molar-refractivity contribution in [3.63, 3.8) is 0 Å². The number of hydrazone groups is 1. The maximum Gasteiger partial charge on any atom is 0.145 e. The number of halogens is 1. The molecule has 0 saturated heterocycles. The number of hydrogen-bond acceptors (Lipinski definition) is 5. The lowest BCUT2D eigenvalue weighted by Crippen LogP contribution is -2.43. The summed E-state index contributed by atoms with van der Waals surface area (Å²) in [5.41, 5.74) is 3.84. The third-order valence-electron chi connectivity index (χ3n) is 3.80. The number of likely N-dealkylation sites (N-methyl/N-ethyl adjacent to an activating group) is 1. The molecule has 2 unspecified atom stereocenters. The van der Waals surface area contributed by atoms with Gasteiger partial charge in [0.25, 0.3) is 0 Å². The van der Waals surface area contributed by atoms with Crippen LogP contribution in [0.3, 0.4) is 0 Å². The van der Waals surface area contributed by atoms with Crippen molar-refractivity contribution in [3.8, 4) is 0 Å². The molecule has 104 valence electrons. The van der Waals surface area contributed by atoms with Crippen LogP contribution in [0.1, 0.15) is 12.6 Å². The number of nitrogens with zero attached hydrogens (tertiary/aromatic N) is 4. The molecule has 0 saturated carbocycles. The van der Waals surface area contributed by atoms with Gasteiger partial charge in [-0.1, -0.05) is 11.6 Å². The molecule has 0 bridgehead atoms. The number of fused-ring (bicyclic) bond motifs is 4. The SMILES string of the molecule is CCN1N=CC2=C3C(=CNC21)C(Cl)Nc1cc(C)nn13. The molecule has 3 aliphatic rings. The van der Waals surface area contributed by atoms with Crippen molar-refractivity contribution in [3.05, 3.63) is 29.1 Å². The van der Waals surface area contributed by atoms with Gasteiger partial charge in [-0.15, -0.1) is 0 Å². The van der Waals surface area contributed by atoms with Crippen LogP contribution >= 0.6 is 11.6 Å². The molecule has 6 nitrogen and oxygen atoms in total. The maximum atomic E-state index is 6.44. The summed E-state index contributed by atoms with van der Waals surface area (Å²) in [7, 11) is 0. The summed E-state index contributed by atoms with van der Waals surface area (Å²) in [6, 6.07) is 2.00. The van der Waals surface area contributed by atoms with Gasteiger partial charge in [-0.25, -0.2) is 4.68 Å². The molecule has 4 rings (SSSR count). The van der Waals surface area contributed by atoms with E-state index in [0.29, 0.717) is 0 Å². The average molecular weight is 291 g/mol. The van der Waals surface area contributed by atoms with Crippen molar-refractivity contribution in [1.82, 2.24) is 20.1 Å². The minimum Gasteiger partial charge on any atom is -0.366 e. The van der Waals surface area contributed by atoms with E-state index in [9.17, 15) is 0 Å². The third-order valence-corrected chi connectivity index (χ3v) is 4.14. The number of alkyl halides is 1. The van der Waals surface area contributed by atoms with Crippen LogP contribution in [-0.4, -0.2) is 39.2 Å². The van der Waals surface area contributed by atoms with E-state index in [1.807, 2.05) is 35.1 Å². The Bertz CT molecular complexity index is 670. The Morgan fingerprint density at radius 2 is 2.30 bits per heavy atom. The monoisotopic (exact) mass is 290 g/mol. The molecule has 0 aromatic carbocycles. The van der Waals surface area contributed by atoms with E-state index in [4.69, 9.17) is 11.6 Å². The fourth-order valence-corrected chi connectivity index (χ4v) is 3.16. The second-order valence-electron chi connectivity index (χ2n) is 5.06. The van der Waals surface area contributed by atoms with Gasteiger partial charge in [0, 0.05) is 30.0 Å². The Balaban J connectivity index is 1.93. The number of hydrogen-bond donors (Lipinski definition) is 2. The van der Waals surface area contributed by atoms with Gasteiger partial charge in [0.15, 0.2) is 0 Å². The summed E-state index contributed by atoms with van der Waals surface area (Å²) in [6.45, 7) is 4.91. The third kappa shape index (κ3) is 1.45. The van der Waals surface area contributed by atoms with Crippen molar-refractivity contribution >= 4 is 29.3 Å². The lowest BCUT2D eigenvalue weighted by molar-refractivity contribution is 0.244. The van der Waals surface area contributed by atoms with Crippen LogP contribution in [0.5, 0.6) is 0 Å². The van der Waals surface area contributed by atoms with Gasteiger partial charge in [0.1, 0.15) is 17.5 Å². The minimum atomic E-state index is -0.265. The first-order valence-electron chi connectivity index (χ1n) is 6.68. The van der Waals surface area contributed by atoms with E-state index >= 15 is 0 Å². The Labute approximate surface area is 121 Å². The van der Waals surface area contributed by atoms with Gasteiger partial charge in [-0.3, -0.25) is 5.01 Å². The zero-order valence-electron chi connectivity index (χ0n) is 11.3. The van der Waals surface area contributed by atoms with Crippen LogP contribution in [0.2, 0.25) is 0 Å². The maximum absolute atomic E-state index is 6.44. The van der Waals surface area contributed by atoms with Gasteiger partial charge in [0.05, 0.1) is 17.6 Å². The zero-order chi connectivity index (χ0) is 13.9. The molecule has 2 N–H and O–H groups in total. The van der Waals surface area contributed by atoms with E-state index in [-0.39, 0.29) is 11.7 Å². The highest BCUT2D eigenvalue weighted by Crippen LogP contribution is 2.38. The normalized spacial score (nSPS) is 26.6. The standard InChI is InChI=1S/C13H15ClN6/c1-3-19-13-9(6-16-19)11-8(5-15-13)12(14)17-10-4-7(2)18-20(10)11/h4-6,12-13,15,17H,3H2,1-2H3. The molecule has 0 amide bonds. The predicted molar refractivity (Wildman–Crippen MR) is 79.3 cm³/mol. The first-order valence-corrected chi connectivity index (χ1v) is 7.11. The van der Waals surface area contributed by atoms with Crippen LogP contribution in [0, 0.1) is 6.92 Å². The molecule has 0 fully saturated rings. The van der Waals surface area contributed by atoms with Gasteiger partial charge >= 0.3 is 0 Å². The minimum absolute atomic E-state index is 0.0677. The van der Waals surface area contributed by atoms with Crippen LogP contribution in [0.25, 0.3) is 5.70 Å². The summed E-state index contributed by atoms with van der Waals surface area (Å²) in [6.07, 6.45) is 3.93. The van der Waals surface area contributed by atoms with Crippen molar-refractivity contribution < 1.29 is 0 Å². The van der Waals surface area contributed by atoms with Gasteiger partial charge in [0.2, 0.25) is 0 Å². The van der Waals surface area contributed by atoms with E-state index in [1.165, 1.54) is 0 Å². The molecule has 7 heteroatoms. The van der Waals surface area contributed by atoms with Crippen molar-refractivity contribution in [2.45, 2.75) is 25.5 Å². The van der Waals surface area contributed by atoms with E-state index < -0.39 is 0 Å². The first-order chi connectivity index (χ1) is 9.69. The smallest absolute Gasteiger partial charge is 0.145 e. The van der Waals surface area contributed by atoms with Crippen LogP contribution < -0.4 is 10.6 Å². The predicted octanol–water partition coefficient (Wildman–Crippen LogP) is 1.53. The number of dihydropyridines is 1. The Hall–Kier alpha value is -1.95. The second-order valence-corrected chi connectivity index (χ2v) is 5.50. The molecule has 2 atom stereocenters. The topological polar surface area (TPSA) is 57.5 Å². The van der Waals surface area contributed by atoms with Gasteiger partial charge in [-0.2, -0.15) is 10.2 Å². The number of aryl methyl sites for hydroxylation is 1. The molecule has 1 aromatic heterocycles. The van der Waals surface area contributed by atoms with Crippen LogP contribution in [0.4, 0.5) is 5.82 Å². The molecular weight excluding hydrogens is 276 g/mol. The molecule has 20 heavy (non-hydrogen) atoms. The lowest BCUT2D eigenvalue weighted by atomic mass is 10.0. The summed E-state index contributed by atoms with van der Waals surface area (Å²) < 4.78 is 1.92. The number of anilines is 1.